The van der Waals surface area contributed by atoms with Gasteiger partial charge in [0.15, 0.2) is 0 Å². The van der Waals surface area contributed by atoms with E-state index in [2.05, 4.69) is 10.6 Å². The number of nitrogens with one attached hydrogen (secondary N) is 2. The first-order valence-corrected chi connectivity index (χ1v) is 6.52. The average Bonchev–Trinajstić information content (AvgIpc) is 2.48. The van der Waals surface area contributed by atoms with Crippen LogP contribution in [0.4, 0.5) is 10.1 Å². The zero-order valence-electron chi connectivity index (χ0n) is 10.9. The van der Waals surface area contributed by atoms with E-state index in [0.29, 0.717) is 16.3 Å². The van der Waals surface area contributed by atoms with Gasteiger partial charge in [0.2, 0.25) is 0 Å². The minimum atomic E-state index is -0.840. The van der Waals surface area contributed by atoms with Crippen molar-refractivity contribution in [3.05, 3.63) is 64.9 Å². The second-order valence-corrected chi connectivity index (χ2v) is 4.67. The highest BCUT2D eigenvalue weighted by atomic mass is 35.5. The lowest BCUT2D eigenvalue weighted by Gasteiger charge is -2.07. The summed E-state index contributed by atoms with van der Waals surface area (Å²) in [5.41, 5.74) is 0.760. The number of halogens is 2. The van der Waals surface area contributed by atoms with Crippen molar-refractivity contribution >= 4 is 29.1 Å². The molecule has 2 amide bonds. The van der Waals surface area contributed by atoms with Crippen molar-refractivity contribution in [1.82, 2.24) is 5.32 Å². The van der Waals surface area contributed by atoms with Crippen LogP contribution in [0.15, 0.2) is 48.5 Å². The van der Waals surface area contributed by atoms with Gasteiger partial charge in [-0.05, 0) is 30.3 Å². The summed E-state index contributed by atoms with van der Waals surface area (Å²) in [5.74, 6) is -2.10. The Morgan fingerprint density at radius 1 is 1.00 bits per heavy atom. The molecule has 2 rings (SSSR count). The van der Waals surface area contributed by atoms with Crippen molar-refractivity contribution in [3.8, 4) is 0 Å². The van der Waals surface area contributed by atoms with Crippen molar-refractivity contribution in [2.24, 2.45) is 0 Å². The number of benzene rings is 2. The van der Waals surface area contributed by atoms with E-state index in [1.807, 2.05) is 0 Å². The molecule has 0 heterocycles. The van der Waals surface area contributed by atoms with Gasteiger partial charge in [-0.2, -0.15) is 0 Å². The molecule has 0 aliphatic carbocycles. The monoisotopic (exact) mass is 306 g/mol. The Bertz CT molecular complexity index is 659. The number of rotatable bonds is 3. The maximum absolute atomic E-state index is 13.4. The zero-order valence-corrected chi connectivity index (χ0v) is 11.7. The van der Waals surface area contributed by atoms with E-state index >= 15 is 0 Å². The smallest absolute Gasteiger partial charge is 0.313 e. The molecule has 0 radical (unpaired) electrons. The zero-order chi connectivity index (χ0) is 15.2. The molecule has 2 aromatic rings. The molecule has 0 atom stereocenters. The maximum Gasteiger partial charge on any atom is 0.313 e. The van der Waals surface area contributed by atoms with E-state index in [1.165, 1.54) is 12.1 Å². The molecule has 0 aliphatic heterocycles. The number of anilines is 1. The van der Waals surface area contributed by atoms with E-state index in [0.717, 1.165) is 0 Å². The fourth-order valence-corrected chi connectivity index (χ4v) is 1.74. The second-order valence-electron chi connectivity index (χ2n) is 4.24. The SMILES string of the molecule is O=C(NCc1ccccc1F)C(=O)Nc1ccc(Cl)cc1. The second kappa shape index (κ2) is 6.85. The van der Waals surface area contributed by atoms with Crippen molar-refractivity contribution < 1.29 is 14.0 Å². The fourth-order valence-electron chi connectivity index (χ4n) is 1.62. The Hall–Kier alpha value is -2.40. The van der Waals surface area contributed by atoms with Crippen LogP contribution in [0, 0.1) is 5.82 Å². The summed E-state index contributed by atoms with van der Waals surface area (Å²) in [4.78, 5) is 23.3. The molecule has 0 saturated heterocycles. The lowest BCUT2D eigenvalue weighted by molar-refractivity contribution is -0.136. The third-order valence-corrected chi connectivity index (χ3v) is 2.96. The van der Waals surface area contributed by atoms with Crippen LogP contribution < -0.4 is 10.6 Å². The summed E-state index contributed by atoms with van der Waals surface area (Å²) >= 11 is 5.72. The predicted octanol–water partition coefficient (Wildman–Crippen LogP) is 2.73. The van der Waals surface area contributed by atoms with Gasteiger partial charge in [-0.3, -0.25) is 9.59 Å². The van der Waals surface area contributed by atoms with Crippen molar-refractivity contribution in [2.45, 2.75) is 6.54 Å². The predicted molar refractivity (Wildman–Crippen MR) is 78.3 cm³/mol. The summed E-state index contributed by atoms with van der Waals surface area (Å²) in [6.07, 6.45) is 0. The van der Waals surface area contributed by atoms with E-state index in [4.69, 9.17) is 11.6 Å². The van der Waals surface area contributed by atoms with Gasteiger partial charge in [-0.15, -0.1) is 0 Å². The number of carbonyl (C=O) groups is 2. The van der Waals surface area contributed by atoms with Crippen molar-refractivity contribution in [1.29, 1.82) is 0 Å². The first-order chi connectivity index (χ1) is 10.1. The van der Waals surface area contributed by atoms with Crippen LogP contribution >= 0.6 is 11.6 Å². The summed E-state index contributed by atoms with van der Waals surface area (Å²) in [7, 11) is 0. The molecule has 0 saturated carbocycles. The van der Waals surface area contributed by atoms with Gasteiger partial charge in [0.1, 0.15) is 5.82 Å². The Morgan fingerprint density at radius 2 is 1.67 bits per heavy atom. The summed E-state index contributed by atoms with van der Waals surface area (Å²) in [6, 6.07) is 12.4. The highest BCUT2D eigenvalue weighted by Gasteiger charge is 2.14. The first kappa shape index (κ1) is 15.0. The maximum atomic E-state index is 13.4. The molecule has 108 valence electrons. The van der Waals surface area contributed by atoms with Gasteiger partial charge in [0, 0.05) is 22.8 Å². The molecule has 4 nitrogen and oxygen atoms in total. The third-order valence-electron chi connectivity index (χ3n) is 2.71. The first-order valence-electron chi connectivity index (χ1n) is 6.14. The molecular formula is C15H12ClFN2O2. The number of hydrogen-bond donors (Lipinski definition) is 2. The van der Waals surface area contributed by atoms with Gasteiger partial charge < -0.3 is 10.6 Å². The van der Waals surface area contributed by atoms with Crippen LogP contribution in [0.2, 0.25) is 5.02 Å². The summed E-state index contributed by atoms with van der Waals surface area (Å²) < 4.78 is 13.4. The number of amides is 2. The Morgan fingerprint density at radius 3 is 2.33 bits per heavy atom. The summed E-state index contributed by atoms with van der Waals surface area (Å²) in [5, 5.41) is 5.30. The van der Waals surface area contributed by atoms with E-state index in [-0.39, 0.29) is 6.54 Å². The van der Waals surface area contributed by atoms with Crippen LogP contribution in [-0.2, 0) is 16.1 Å². The molecule has 0 fully saturated rings. The standard InChI is InChI=1S/C15H12ClFN2O2/c16-11-5-7-12(8-6-11)19-15(21)14(20)18-9-10-3-1-2-4-13(10)17/h1-8H,9H2,(H,18,20)(H,19,21). The lowest BCUT2D eigenvalue weighted by atomic mass is 10.2. The normalized spacial score (nSPS) is 10.0. The van der Waals surface area contributed by atoms with Gasteiger partial charge in [0.05, 0.1) is 0 Å². The van der Waals surface area contributed by atoms with Crippen LogP contribution in [0.3, 0.4) is 0 Å². The third kappa shape index (κ3) is 4.29. The average molecular weight is 307 g/mol. The van der Waals surface area contributed by atoms with E-state index in [1.54, 1.807) is 36.4 Å². The van der Waals surface area contributed by atoms with Crippen molar-refractivity contribution in [2.75, 3.05) is 5.32 Å². The number of carbonyl (C=O) groups excluding carboxylic acids is 2. The summed E-state index contributed by atoms with van der Waals surface area (Å²) in [6.45, 7) is -0.0560. The van der Waals surface area contributed by atoms with E-state index in [9.17, 15) is 14.0 Å². The van der Waals surface area contributed by atoms with Crippen LogP contribution in [0.5, 0.6) is 0 Å². The molecular weight excluding hydrogens is 295 g/mol. The largest absolute Gasteiger partial charge is 0.344 e. The van der Waals surface area contributed by atoms with Crippen LogP contribution in [0.25, 0.3) is 0 Å². The highest BCUT2D eigenvalue weighted by molar-refractivity contribution is 6.39. The van der Waals surface area contributed by atoms with Gasteiger partial charge in [0.25, 0.3) is 0 Å². The molecule has 0 bridgehead atoms. The minimum Gasteiger partial charge on any atom is -0.344 e. The van der Waals surface area contributed by atoms with E-state index < -0.39 is 17.6 Å². The van der Waals surface area contributed by atoms with Gasteiger partial charge in [-0.25, -0.2) is 4.39 Å². The molecule has 0 aromatic heterocycles. The molecule has 0 aliphatic rings. The Kier molecular flexibility index (Phi) is 4.90. The highest BCUT2D eigenvalue weighted by Crippen LogP contribution is 2.13. The Balaban J connectivity index is 1.90. The topological polar surface area (TPSA) is 58.2 Å². The minimum absolute atomic E-state index is 0.0560. The molecule has 2 aromatic carbocycles. The molecule has 0 spiro atoms. The molecule has 21 heavy (non-hydrogen) atoms. The fraction of sp³-hybridized carbons (Fsp3) is 0.0667. The number of hydrogen-bond acceptors (Lipinski definition) is 2. The Labute approximate surface area is 125 Å². The molecule has 6 heteroatoms. The lowest BCUT2D eigenvalue weighted by Crippen LogP contribution is -2.35. The van der Waals surface area contributed by atoms with Gasteiger partial charge in [-0.1, -0.05) is 29.8 Å². The van der Waals surface area contributed by atoms with Gasteiger partial charge >= 0.3 is 11.8 Å². The van der Waals surface area contributed by atoms with Crippen LogP contribution in [0.1, 0.15) is 5.56 Å². The van der Waals surface area contributed by atoms with Crippen LogP contribution in [-0.4, -0.2) is 11.8 Å². The quantitative estimate of drug-likeness (QED) is 0.857. The van der Waals surface area contributed by atoms with Crippen molar-refractivity contribution in [3.63, 3.8) is 0 Å². The molecule has 0 unspecified atom stereocenters. The molecule has 2 N–H and O–H groups in total.